The van der Waals surface area contributed by atoms with E-state index in [1.54, 1.807) is 109 Å². The highest BCUT2D eigenvalue weighted by Crippen LogP contribution is 2.77. The molecule has 0 N–H and O–H groups in total. The fraction of sp³-hybridized carbons (Fsp3) is 1.00. The van der Waals surface area contributed by atoms with Crippen LogP contribution in [0.25, 0.3) is 0 Å². The van der Waals surface area contributed by atoms with Crippen molar-refractivity contribution in [1.29, 1.82) is 0 Å². The Morgan fingerprint density at radius 3 is 1.72 bits per heavy atom. The van der Waals surface area contributed by atoms with Crippen molar-refractivity contribution in [3.63, 3.8) is 0 Å². The monoisotopic (exact) mass is 631 g/mol. The van der Waals surface area contributed by atoms with Gasteiger partial charge in [-0.3, -0.25) is 0 Å². The highest BCUT2D eigenvalue weighted by Gasteiger charge is 2.70. The van der Waals surface area contributed by atoms with Gasteiger partial charge in [0.1, 0.15) is 0 Å². The maximum atomic E-state index is 2.76. The van der Waals surface area contributed by atoms with Crippen molar-refractivity contribution < 1.29 is 0 Å². The highest BCUT2D eigenvalue weighted by molar-refractivity contribution is 5.18. The van der Waals surface area contributed by atoms with Gasteiger partial charge in [-0.15, -0.1) is 0 Å². The molecule has 262 valence electrons. The molecule has 8 aliphatic rings. The molecular weight excluding hydrogens is 553 g/mol. The summed E-state index contributed by atoms with van der Waals surface area (Å²) >= 11 is 0. The van der Waals surface area contributed by atoms with Crippen LogP contribution in [0.1, 0.15) is 183 Å². The van der Waals surface area contributed by atoms with E-state index in [9.17, 15) is 0 Å². The van der Waals surface area contributed by atoms with Gasteiger partial charge in [-0.1, -0.05) is 106 Å². The average molecular weight is 631 g/mol. The summed E-state index contributed by atoms with van der Waals surface area (Å²) in [5.74, 6) is 16.2. The van der Waals surface area contributed by atoms with Gasteiger partial charge in [0.05, 0.1) is 0 Å². The molecule has 15 atom stereocenters. The van der Waals surface area contributed by atoms with Crippen molar-refractivity contribution in [1.82, 2.24) is 0 Å². The molecule has 0 heteroatoms. The largest absolute Gasteiger partial charge is 0.0649 e. The lowest BCUT2D eigenvalue weighted by Gasteiger charge is -2.59. The van der Waals surface area contributed by atoms with Gasteiger partial charge in [-0.25, -0.2) is 0 Å². The summed E-state index contributed by atoms with van der Waals surface area (Å²) in [6, 6.07) is 0. The van der Waals surface area contributed by atoms with Crippen LogP contribution in [0.5, 0.6) is 0 Å². The molecule has 0 nitrogen and oxygen atoms in total. The number of fused-ring (bicyclic) bond motifs is 12. The Kier molecular flexibility index (Phi) is 8.90. The molecule has 0 aromatic heterocycles. The first kappa shape index (κ1) is 33.2. The van der Waals surface area contributed by atoms with Gasteiger partial charge in [-0.05, 0) is 182 Å². The summed E-state index contributed by atoms with van der Waals surface area (Å²) < 4.78 is 0. The SMILES string of the molecule is CCC(C)(CC)C1CC(C(C)(CC)CC)CC2(C1)C1CC3CCCCC3CC1C1C3C(CCC12)CC1CCC2CC(C)CCC2C13. The van der Waals surface area contributed by atoms with Crippen LogP contribution < -0.4 is 0 Å². The zero-order valence-corrected chi connectivity index (χ0v) is 32.0. The predicted octanol–water partition coefficient (Wildman–Crippen LogP) is 13.6. The Morgan fingerprint density at radius 1 is 0.478 bits per heavy atom. The molecule has 0 aliphatic heterocycles. The summed E-state index contributed by atoms with van der Waals surface area (Å²) in [5, 5.41) is 0. The summed E-state index contributed by atoms with van der Waals surface area (Å²) in [6.45, 7) is 18.4. The number of rotatable bonds is 6. The second-order valence-corrected chi connectivity index (χ2v) is 21.1. The molecule has 0 radical (unpaired) electrons. The van der Waals surface area contributed by atoms with Crippen LogP contribution in [0.3, 0.4) is 0 Å². The molecule has 1 spiro atoms. The maximum absolute atomic E-state index is 2.76. The Hall–Kier alpha value is 0. The third-order valence-corrected chi connectivity index (χ3v) is 20.3. The topological polar surface area (TPSA) is 0 Å². The van der Waals surface area contributed by atoms with Crippen LogP contribution in [0.15, 0.2) is 0 Å². The van der Waals surface area contributed by atoms with E-state index in [0.29, 0.717) is 16.2 Å². The summed E-state index contributed by atoms with van der Waals surface area (Å²) in [5.41, 5.74) is 1.74. The van der Waals surface area contributed by atoms with Gasteiger partial charge in [0.15, 0.2) is 0 Å². The van der Waals surface area contributed by atoms with Crippen LogP contribution in [0.2, 0.25) is 0 Å². The summed E-state index contributed by atoms with van der Waals surface area (Å²) in [6.07, 6.45) is 33.0. The Labute approximate surface area is 287 Å². The molecule has 8 aliphatic carbocycles. The van der Waals surface area contributed by atoms with E-state index >= 15 is 0 Å². The van der Waals surface area contributed by atoms with Crippen molar-refractivity contribution in [3.8, 4) is 0 Å². The first-order valence-electron chi connectivity index (χ1n) is 22.2. The van der Waals surface area contributed by atoms with E-state index in [-0.39, 0.29) is 0 Å². The van der Waals surface area contributed by atoms with E-state index in [0.717, 1.165) is 88.8 Å². The number of hydrogen-bond acceptors (Lipinski definition) is 0. The van der Waals surface area contributed by atoms with Crippen LogP contribution in [0, 0.1) is 105 Å². The van der Waals surface area contributed by atoms with Gasteiger partial charge in [-0.2, -0.15) is 0 Å². The van der Waals surface area contributed by atoms with Crippen molar-refractivity contribution >= 4 is 0 Å². The minimum absolute atomic E-state index is 0.536. The van der Waals surface area contributed by atoms with Crippen LogP contribution >= 0.6 is 0 Å². The van der Waals surface area contributed by atoms with Gasteiger partial charge in [0.2, 0.25) is 0 Å². The second-order valence-electron chi connectivity index (χ2n) is 21.1. The molecule has 0 bridgehead atoms. The maximum Gasteiger partial charge on any atom is -0.0230 e. The minimum atomic E-state index is 0.536. The second kappa shape index (κ2) is 12.3. The summed E-state index contributed by atoms with van der Waals surface area (Å²) in [4.78, 5) is 0. The molecule has 0 aromatic rings. The van der Waals surface area contributed by atoms with Gasteiger partial charge >= 0.3 is 0 Å². The molecule has 8 fully saturated rings. The Balaban J connectivity index is 1.23. The smallest absolute Gasteiger partial charge is 0.0230 e. The predicted molar refractivity (Wildman–Crippen MR) is 196 cm³/mol. The van der Waals surface area contributed by atoms with E-state index in [2.05, 4.69) is 48.5 Å². The van der Waals surface area contributed by atoms with Crippen molar-refractivity contribution in [3.05, 3.63) is 0 Å². The molecule has 0 heterocycles. The van der Waals surface area contributed by atoms with E-state index in [4.69, 9.17) is 0 Å². The average Bonchev–Trinajstić information content (AvgIpc) is 3.59. The molecular formula is C46H78. The first-order chi connectivity index (χ1) is 22.2. The first-order valence-corrected chi connectivity index (χ1v) is 22.2. The zero-order chi connectivity index (χ0) is 32.0. The molecule has 0 amide bonds. The normalized spacial score (nSPS) is 51.8. The lowest BCUT2D eigenvalue weighted by molar-refractivity contribution is -0.0944. The van der Waals surface area contributed by atoms with Gasteiger partial charge < -0.3 is 0 Å². The van der Waals surface area contributed by atoms with Gasteiger partial charge in [0, 0.05) is 0 Å². The third-order valence-electron chi connectivity index (χ3n) is 20.3. The van der Waals surface area contributed by atoms with Crippen LogP contribution in [-0.4, -0.2) is 0 Å². The van der Waals surface area contributed by atoms with Crippen molar-refractivity contribution in [2.75, 3.05) is 0 Å². The molecule has 8 saturated carbocycles. The van der Waals surface area contributed by atoms with E-state index < -0.39 is 0 Å². The van der Waals surface area contributed by atoms with E-state index in [1.165, 1.54) is 25.7 Å². The molecule has 8 rings (SSSR count). The fourth-order valence-corrected chi connectivity index (χ4v) is 17.2. The summed E-state index contributed by atoms with van der Waals surface area (Å²) in [7, 11) is 0. The quantitative estimate of drug-likeness (QED) is 0.274. The fourth-order valence-electron chi connectivity index (χ4n) is 17.2. The Bertz CT molecular complexity index is 1030. The molecule has 0 aromatic carbocycles. The molecule has 46 heavy (non-hydrogen) atoms. The molecule has 15 unspecified atom stereocenters. The lowest BCUT2D eigenvalue weighted by atomic mass is 9.46. The standard InChI is InChI=1S/C46H78/c1-8-44(6,9-2)35-26-36(45(7,10-3)11-4)28-46(27-35)39-21-19-34-23-33-18-17-32-22-29(5)16-20-37(32)41(33)42(34)43(39)38-24-30-14-12-13-15-31(30)25-40(38)46/h29-43H,8-28H2,1-7H3. The molecule has 0 saturated heterocycles. The van der Waals surface area contributed by atoms with Crippen LogP contribution in [0.4, 0.5) is 0 Å². The number of hydrogen-bond donors (Lipinski definition) is 0. The Morgan fingerprint density at radius 2 is 1.07 bits per heavy atom. The minimum Gasteiger partial charge on any atom is -0.0649 e. The van der Waals surface area contributed by atoms with Crippen molar-refractivity contribution in [2.24, 2.45) is 105 Å². The van der Waals surface area contributed by atoms with Crippen LogP contribution in [-0.2, 0) is 0 Å². The zero-order valence-electron chi connectivity index (χ0n) is 32.0. The highest BCUT2D eigenvalue weighted by atomic mass is 14.7. The third kappa shape index (κ3) is 4.97. The van der Waals surface area contributed by atoms with Gasteiger partial charge in [0.25, 0.3) is 0 Å². The van der Waals surface area contributed by atoms with Crippen molar-refractivity contribution in [2.45, 2.75) is 183 Å². The van der Waals surface area contributed by atoms with E-state index in [1.807, 2.05) is 0 Å². The lowest BCUT2D eigenvalue weighted by Crippen LogP contribution is -2.50.